The Bertz CT molecular complexity index is 865. The number of ether oxygens (including phenoxy) is 3. The van der Waals surface area contributed by atoms with Crippen LogP contribution in [0.4, 0.5) is 29.5 Å². The highest BCUT2D eigenvalue weighted by Gasteiger charge is 2.37. The number of carbonyl (C=O) groups excluding carboxylic acids is 1. The zero-order valence-corrected chi connectivity index (χ0v) is 21.0. The molecule has 0 aromatic carbocycles. The van der Waals surface area contributed by atoms with Crippen LogP contribution in [0, 0.1) is 0 Å². The summed E-state index contributed by atoms with van der Waals surface area (Å²) in [4.78, 5) is 19.4. The molecule has 0 spiro atoms. The molecule has 35 heavy (non-hydrogen) atoms. The predicted octanol–water partition coefficient (Wildman–Crippen LogP) is 5.00. The van der Waals surface area contributed by atoms with Gasteiger partial charge in [0.1, 0.15) is 18.0 Å². The van der Waals surface area contributed by atoms with Gasteiger partial charge in [-0.2, -0.15) is 23.8 Å². The Kier molecular flexibility index (Phi) is 8.79. The highest BCUT2D eigenvalue weighted by atomic mass is 32.3. The number of nitrogens with zero attached hydrogens (tertiary/aromatic N) is 3. The Morgan fingerprint density at radius 3 is 2.49 bits per heavy atom. The molecule has 200 valence electrons. The molecule has 0 saturated carbocycles. The summed E-state index contributed by atoms with van der Waals surface area (Å²) in [5, 5.41) is 0. The summed E-state index contributed by atoms with van der Waals surface area (Å²) in [5.41, 5.74) is -0.187. The Labute approximate surface area is 204 Å². The minimum Gasteiger partial charge on any atom is -0.443 e. The van der Waals surface area contributed by atoms with E-state index in [4.69, 9.17) is 14.2 Å². The topological polar surface area (TPSA) is 105 Å². The average Bonchev–Trinajstić information content (AvgIpc) is 2.75. The van der Waals surface area contributed by atoms with Gasteiger partial charge in [0, 0.05) is 31.5 Å². The summed E-state index contributed by atoms with van der Waals surface area (Å²) in [6.45, 7) is 4.25. The van der Waals surface area contributed by atoms with Crippen molar-refractivity contribution in [3.8, 4) is 0 Å². The van der Waals surface area contributed by atoms with Gasteiger partial charge in [-0.25, -0.2) is 9.78 Å². The lowest BCUT2D eigenvalue weighted by molar-refractivity contribution is -0.169. The summed E-state index contributed by atoms with van der Waals surface area (Å²) in [5.74, 6) is 0.0598. The molecule has 0 radical (unpaired) electrons. The number of halogens is 3. The fourth-order valence-electron chi connectivity index (χ4n) is 3.69. The van der Waals surface area contributed by atoms with Gasteiger partial charge in [-0.05, 0) is 46.1 Å². The number of carbonyl (C=O) groups is 1. The van der Waals surface area contributed by atoms with E-state index < -0.39 is 41.3 Å². The van der Waals surface area contributed by atoms with E-state index in [0.717, 1.165) is 12.8 Å². The zero-order valence-electron chi connectivity index (χ0n) is 20.2. The second-order valence-corrected chi connectivity index (χ2v) is 12.1. The average molecular weight is 526 g/mol. The van der Waals surface area contributed by atoms with Gasteiger partial charge < -0.3 is 19.1 Å². The van der Waals surface area contributed by atoms with E-state index in [-0.39, 0.29) is 23.9 Å². The van der Waals surface area contributed by atoms with Gasteiger partial charge >= 0.3 is 12.3 Å². The van der Waals surface area contributed by atoms with E-state index in [9.17, 15) is 27.1 Å². The third-order valence-electron chi connectivity index (χ3n) is 5.37. The number of alkyl halides is 3. The Morgan fingerprint density at radius 2 is 1.91 bits per heavy atom. The molecule has 3 heterocycles. The lowest BCUT2D eigenvalue weighted by Crippen LogP contribution is -2.43. The fourth-order valence-corrected chi connectivity index (χ4v) is 4.92. The maximum Gasteiger partial charge on any atom is 0.416 e. The van der Waals surface area contributed by atoms with Crippen LogP contribution in [0.5, 0.6) is 0 Å². The standard InChI is InChI=1S/C22H34F3N3O6S/c1-21(2,3)34-20(29)28(15-22(23,24)25)18-13-17(27-7-10-35(30,31)11-8-27)12-16(26-18)14-33-19-6-4-5-9-32-19/h12-13,19,30-31H,4-11,14-15H2,1-3H3. The van der Waals surface area contributed by atoms with Crippen molar-refractivity contribution in [2.75, 3.05) is 47.5 Å². The van der Waals surface area contributed by atoms with Crippen LogP contribution in [-0.2, 0) is 20.8 Å². The van der Waals surface area contributed by atoms with Crippen molar-refractivity contribution < 1.29 is 41.3 Å². The minimum absolute atomic E-state index is 0.0251. The first-order chi connectivity index (χ1) is 16.2. The molecule has 1 unspecified atom stereocenters. The number of anilines is 2. The van der Waals surface area contributed by atoms with E-state index in [1.54, 1.807) is 26.8 Å². The molecule has 2 fully saturated rings. The molecule has 3 rings (SSSR count). The van der Waals surface area contributed by atoms with Gasteiger partial charge in [-0.3, -0.25) is 14.0 Å². The number of pyridine rings is 1. The third-order valence-corrected chi connectivity index (χ3v) is 7.05. The Balaban J connectivity index is 1.92. The van der Waals surface area contributed by atoms with Crippen molar-refractivity contribution >= 4 is 28.2 Å². The first-order valence-corrected chi connectivity index (χ1v) is 13.4. The molecule has 1 aromatic heterocycles. The van der Waals surface area contributed by atoms with Crippen molar-refractivity contribution in [3.05, 3.63) is 17.8 Å². The van der Waals surface area contributed by atoms with Gasteiger partial charge in [-0.1, -0.05) is 0 Å². The molecule has 1 amide bonds. The zero-order chi connectivity index (χ0) is 25.9. The molecule has 9 nitrogen and oxygen atoms in total. The summed E-state index contributed by atoms with van der Waals surface area (Å²) in [6, 6.07) is 3.05. The SMILES string of the molecule is CC(C)(C)OC(=O)N(CC(F)(F)F)c1cc(N2CCS(O)(O)CC2)cc(COC2CCCCO2)n1. The quantitative estimate of drug-likeness (QED) is 0.535. The van der Waals surface area contributed by atoms with Crippen LogP contribution < -0.4 is 9.80 Å². The summed E-state index contributed by atoms with van der Waals surface area (Å²) >= 11 is 0. The number of hydrogen-bond donors (Lipinski definition) is 2. The van der Waals surface area contributed by atoms with Crippen molar-refractivity contribution in [3.63, 3.8) is 0 Å². The second kappa shape index (κ2) is 11.1. The van der Waals surface area contributed by atoms with Gasteiger partial charge in [0.25, 0.3) is 0 Å². The van der Waals surface area contributed by atoms with E-state index in [0.29, 0.717) is 42.4 Å². The number of hydrogen-bond acceptors (Lipinski definition) is 8. The summed E-state index contributed by atoms with van der Waals surface area (Å²) in [7, 11) is -2.67. The van der Waals surface area contributed by atoms with Crippen LogP contribution in [0.2, 0.25) is 0 Å². The molecular formula is C22H34F3N3O6S. The monoisotopic (exact) mass is 525 g/mol. The van der Waals surface area contributed by atoms with Gasteiger partial charge in [-0.15, -0.1) is 0 Å². The van der Waals surface area contributed by atoms with E-state index >= 15 is 0 Å². The maximum atomic E-state index is 13.4. The van der Waals surface area contributed by atoms with Gasteiger partial charge in [0.05, 0.1) is 23.8 Å². The second-order valence-electron chi connectivity index (χ2n) is 9.66. The molecule has 2 aliphatic rings. The molecule has 1 atom stereocenters. The van der Waals surface area contributed by atoms with E-state index in [2.05, 4.69) is 4.98 Å². The van der Waals surface area contributed by atoms with Crippen LogP contribution in [0.3, 0.4) is 0 Å². The van der Waals surface area contributed by atoms with E-state index in [1.165, 1.54) is 6.07 Å². The van der Waals surface area contributed by atoms with Gasteiger partial charge in [0.2, 0.25) is 0 Å². The van der Waals surface area contributed by atoms with Crippen LogP contribution in [0.1, 0.15) is 45.7 Å². The van der Waals surface area contributed by atoms with Crippen molar-refractivity contribution in [1.29, 1.82) is 0 Å². The van der Waals surface area contributed by atoms with Crippen LogP contribution in [-0.4, -0.2) is 76.0 Å². The number of aromatic nitrogens is 1. The molecule has 13 heteroatoms. The molecule has 2 N–H and O–H groups in total. The first kappa shape index (κ1) is 27.8. The smallest absolute Gasteiger partial charge is 0.416 e. The first-order valence-electron chi connectivity index (χ1n) is 11.5. The normalized spacial score (nSPS) is 21.9. The molecule has 1 aromatic rings. The highest BCUT2D eigenvalue weighted by molar-refractivity contribution is 8.24. The highest BCUT2D eigenvalue weighted by Crippen LogP contribution is 2.41. The van der Waals surface area contributed by atoms with Crippen LogP contribution in [0.25, 0.3) is 0 Å². The third kappa shape index (κ3) is 8.98. The molecular weight excluding hydrogens is 491 g/mol. The van der Waals surface area contributed by atoms with Crippen LogP contribution in [0.15, 0.2) is 12.1 Å². The molecule has 2 aliphatic heterocycles. The molecule has 2 saturated heterocycles. The number of rotatable bonds is 6. The number of amides is 1. The fraction of sp³-hybridized carbons (Fsp3) is 0.727. The minimum atomic E-state index is -4.69. The van der Waals surface area contributed by atoms with E-state index in [1.807, 2.05) is 4.90 Å². The lowest BCUT2D eigenvalue weighted by atomic mass is 10.2. The summed E-state index contributed by atoms with van der Waals surface area (Å²) in [6.07, 6.45) is -3.71. The molecule has 0 bridgehead atoms. The Hall–Kier alpha value is -1.80. The van der Waals surface area contributed by atoms with Crippen molar-refractivity contribution in [2.45, 2.75) is 64.7 Å². The summed E-state index contributed by atoms with van der Waals surface area (Å²) < 4.78 is 76.8. The van der Waals surface area contributed by atoms with Crippen molar-refractivity contribution in [1.82, 2.24) is 4.98 Å². The molecule has 0 aliphatic carbocycles. The lowest BCUT2D eigenvalue weighted by Gasteiger charge is -2.42. The maximum absolute atomic E-state index is 13.4. The Morgan fingerprint density at radius 1 is 1.23 bits per heavy atom. The largest absolute Gasteiger partial charge is 0.443 e. The van der Waals surface area contributed by atoms with Gasteiger partial charge in [0.15, 0.2) is 6.29 Å². The predicted molar refractivity (Wildman–Crippen MR) is 127 cm³/mol. The van der Waals surface area contributed by atoms with Crippen molar-refractivity contribution in [2.24, 2.45) is 0 Å². The van der Waals surface area contributed by atoms with Crippen LogP contribution >= 0.6 is 10.6 Å².